The Morgan fingerprint density at radius 1 is 0.795 bits per heavy atom. The fraction of sp³-hybridized carbons (Fsp3) is 0.257. The molecule has 0 heterocycles. The van der Waals surface area contributed by atoms with Crippen LogP contribution in [-0.4, -0.2) is 44.3 Å². The first-order valence-corrected chi connectivity index (χ1v) is 16.4. The van der Waals surface area contributed by atoms with Crippen LogP contribution in [0.1, 0.15) is 30.5 Å². The molecule has 4 aromatic rings. The summed E-state index contributed by atoms with van der Waals surface area (Å²) in [6.07, 6.45) is 0.255. The number of rotatable bonds is 13. The summed E-state index contributed by atoms with van der Waals surface area (Å²) < 4.78 is 29.3. The fourth-order valence-corrected chi connectivity index (χ4v) is 6.52. The Balaban J connectivity index is 1.81. The summed E-state index contributed by atoms with van der Waals surface area (Å²) in [5.74, 6) is -0.622. The number of carbonyl (C=O) groups excluding carboxylic acids is 2. The first-order chi connectivity index (χ1) is 21.1. The highest BCUT2D eigenvalue weighted by Gasteiger charge is 2.35. The second-order valence-electron chi connectivity index (χ2n) is 11.1. The van der Waals surface area contributed by atoms with Crippen molar-refractivity contribution in [2.75, 3.05) is 17.4 Å². The van der Waals surface area contributed by atoms with Gasteiger partial charge >= 0.3 is 0 Å². The van der Waals surface area contributed by atoms with Crippen LogP contribution in [0.15, 0.2) is 114 Å². The van der Waals surface area contributed by atoms with Crippen molar-refractivity contribution in [1.82, 2.24) is 10.2 Å². The zero-order chi connectivity index (χ0) is 31.7. The van der Waals surface area contributed by atoms with E-state index in [4.69, 9.17) is 11.6 Å². The monoisotopic (exact) mass is 631 g/mol. The van der Waals surface area contributed by atoms with E-state index >= 15 is 0 Å². The molecule has 0 aliphatic rings. The molecule has 0 saturated carbocycles. The van der Waals surface area contributed by atoms with Gasteiger partial charge in [0.05, 0.1) is 10.6 Å². The van der Waals surface area contributed by atoms with Crippen molar-refractivity contribution in [1.29, 1.82) is 0 Å². The fourth-order valence-electron chi connectivity index (χ4n) is 4.86. The Hall–Kier alpha value is -4.14. The predicted octanol–water partition coefficient (Wildman–Crippen LogP) is 6.26. The summed E-state index contributed by atoms with van der Waals surface area (Å²) in [5.41, 5.74) is 2.50. The molecule has 1 unspecified atom stereocenters. The van der Waals surface area contributed by atoms with Gasteiger partial charge in [-0.2, -0.15) is 0 Å². The molecule has 44 heavy (non-hydrogen) atoms. The molecule has 230 valence electrons. The number of anilines is 1. The molecule has 7 nitrogen and oxygen atoms in total. The maximum Gasteiger partial charge on any atom is 0.264 e. The summed E-state index contributed by atoms with van der Waals surface area (Å²) in [6, 6.07) is 30.9. The Bertz CT molecular complexity index is 1650. The van der Waals surface area contributed by atoms with E-state index in [2.05, 4.69) is 5.32 Å². The third-order valence-electron chi connectivity index (χ3n) is 7.27. The first-order valence-electron chi connectivity index (χ1n) is 14.6. The molecule has 9 heteroatoms. The molecule has 0 aromatic heterocycles. The van der Waals surface area contributed by atoms with Crippen LogP contribution in [0.2, 0.25) is 5.02 Å². The minimum Gasteiger partial charge on any atom is -0.354 e. The number of halogens is 1. The van der Waals surface area contributed by atoms with Crippen molar-refractivity contribution in [3.05, 3.63) is 131 Å². The number of sulfonamides is 1. The van der Waals surface area contributed by atoms with Gasteiger partial charge in [-0.3, -0.25) is 13.9 Å². The van der Waals surface area contributed by atoms with Crippen LogP contribution in [0, 0.1) is 12.8 Å². The second-order valence-corrected chi connectivity index (χ2v) is 13.3. The van der Waals surface area contributed by atoms with Gasteiger partial charge in [0.15, 0.2) is 0 Å². The minimum atomic E-state index is -4.19. The molecule has 0 aliphatic heterocycles. The van der Waals surface area contributed by atoms with Crippen molar-refractivity contribution in [3.8, 4) is 0 Å². The van der Waals surface area contributed by atoms with Crippen molar-refractivity contribution in [2.24, 2.45) is 5.92 Å². The molecule has 0 aliphatic carbocycles. The average Bonchev–Trinajstić information content (AvgIpc) is 3.03. The third-order valence-corrected chi connectivity index (χ3v) is 9.45. The molecular formula is C35H38ClN3O4S. The van der Waals surface area contributed by atoms with E-state index in [1.54, 1.807) is 43.3 Å². The number of amides is 2. The second kappa shape index (κ2) is 15.0. The van der Waals surface area contributed by atoms with E-state index in [-0.39, 0.29) is 29.7 Å². The third kappa shape index (κ3) is 8.27. The van der Waals surface area contributed by atoms with Gasteiger partial charge in [-0.15, -0.1) is 0 Å². The lowest BCUT2D eigenvalue weighted by molar-refractivity contribution is -0.140. The van der Waals surface area contributed by atoms with Crippen LogP contribution in [0.4, 0.5) is 5.69 Å². The summed E-state index contributed by atoms with van der Waals surface area (Å²) in [6.45, 7) is 5.73. The average molecular weight is 632 g/mol. The summed E-state index contributed by atoms with van der Waals surface area (Å²) in [5, 5.41) is 3.37. The van der Waals surface area contributed by atoms with Gasteiger partial charge in [0.25, 0.3) is 10.0 Å². The van der Waals surface area contributed by atoms with Crippen LogP contribution in [-0.2, 0) is 32.6 Å². The van der Waals surface area contributed by atoms with Crippen LogP contribution in [0.5, 0.6) is 0 Å². The lowest BCUT2D eigenvalue weighted by atomic mass is 10.0. The Labute approximate surface area is 265 Å². The van der Waals surface area contributed by atoms with Gasteiger partial charge in [0.2, 0.25) is 11.8 Å². The van der Waals surface area contributed by atoms with Crippen molar-refractivity contribution in [3.63, 3.8) is 0 Å². The quantitative estimate of drug-likeness (QED) is 0.189. The van der Waals surface area contributed by atoms with Gasteiger partial charge in [-0.1, -0.05) is 110 Å². The van der Waals surface area contributed by atoms with Gasteiger partial charge in [0.1, 0.15) is 12.6 Å². The van der Waals surface area contributed by atoms with Crippen LogP contribution in [0.25, 0.3) is 0 Å². The zero-order valence-corrected chi connectivity index (χ0v) is 26.8. The molecular weight excluding hydrogens is 594 g/mol. The van der Waals surface area contributed by atoms with E-state index < -0.39 is 28.5 Å². The van der Waals surface area contributed by atoms with E-state index in [9.17, 15) is 18.0 Å². The number of nitrogens with zero attached hydrogens (tertiary/aromatic N) is 2. The molecule has 1 atom stereocenters. The Morgan fingerprint density at radius 2 is 1.36 bits per heavy atom. The number of hydrogen-bond donors (Lipinski definition) is 1. The number of nitrogens with one attached hydrogen (secondary N) is 1. The van der Waals surface area contributed by atoms with Crippen molar-refractivity contribution < 1.29 is 18.0 Å². The molecule has 0 radical (unpaired) electrons. The van der Waals surface area contributed by atoms with E-state index in [1.807, 2.05) is 74.5 Å². The number of carbonyl (C=O) groups is 2. The minimum absolute atomic E-state index is 0.0392. The van der Waals surface area contributed by atoms with Crippen LogP contribution < -0.4 is 9.62 Å². The molecule has 2 amide bonds. The number of benzene rings is 4. The Morgan fingerprint density at radius 3 is 1.95 bits per heavy atom. The molecule has 4 aromatic carbocycles. The summed E-state index contributed by atoms with van der Waals surface area (Å²) in [4.78, 5) is 29.8. The lowest BCUT2D eigenvalue weighted by Crippen LogP contribution is -2.53. The Kier molecular flexibility index (Phi) is 11.2. The lowest BCUT2D eigenvalue weighted by Gasteiger charge is -2.34. The van der Waals surface area contributed by atoms with Gasteiger partial charge in [-0.05, 0) is 53.8 Å². The first kappa shape index (κ1) is 32.8. The highest BCUT2D eigenvalue weighted by Crippen LogP contribution is 2.31. The zero-order valence-electron chi connectivity index (χ0n) is 25.2. The van der Waals surface area contributed by atoms with Gasteiger partial charge in [0, 0.05) is 24.5 Å². The molecule has 1 N–H and O–H groups in total. The highest BCUT2D eigenvalue weighted by atomic mass is 35.5. The molecule has 0 bridgehead atoms. The topological polar surface area (TPSA) is 86.8 Å². The van der Waals surface area contributed by atoms with E-state index in [0.717, 1.165) is 15.4 Å². The van der Waals surface area contributed by atoms with Gasteiger partial charge in [-0.25, -0.2) is 8.42 Å². The van der Waals surface area contributed by atoms with Crippen molar-refractivity contribution >= 4 is 39.1 Å². The van der Waals surface area contributed by atoms with E-state index in [0.29, 0.717) is 22.8 Å². The summed E-state index contributed by atoms with van der Waals surface area (Å²) in [7, 11) is -4.19. The maximum absolute atomic E-state index is 14.5. The van der Waals surface area contributed by atoms with E-state index in [1.165, 1.54) is 17.0 Å². The van der Waals surface area contributed by atoms with Crippen molar-refractivity contribution in [2.45, 2.75) is 44.7 Å². The molecule has 0 saturated heterocycles. The SMILES string of the molecule is Cc1c(Cl)cccc1N(CC(=O)N(Cc1ccccc1)C(Cc1ccccc1)C(=O)NCC(C)C)S(=O)(=O)c1ccccc1. The smallest absolute Gasteiger partial charge is 0.264 e. The highest BCUT2D eigenvalue weighted by molar-refractivity contribution is 7.92. The predicted molar refractivity (Wildman–Crippen MR) is 176 cm³/mol. The van der Waals surface area contributed by atoms with Crippen LogP contribution in [0.3, 0.4) is 0 Å². The van der Waals surface area contributed by atoms with Gasteiger partial charge < -0.3 is 10.2 Å². The summed E-state index contributed by atoms with van der Waals surface area (Å²) >= 11 is 6.43. The van der Waals surface area contributed by atoms with Crippen LogP contribution >= 0.6 is 11.6 Å². The standard InChI is InChI=1S/C35H38ClN3O4S/c1-26(2)23-37-35(41)33(22-28-14-7-4-8-15-28)38(24-29-16-9-5-10-17-29)34(40)25-39(32-21-13-20-31(36)27(32)3)44(42,43)30-18-11-6-12-19-30/h4-21,26,33H,22-25H2,1-3H3,(H,37,41). The maximum atomic E-state index is 14.5. The molecule has 0 fully saturated rings. The normalized spacial score (nSPS) is 12.0. The molecule has 0 spiro atoms. The largest absolute Gasteiger partial charge is 0.354 e. The number of hydrogen-bond acceptors (Lipinski definition) is 4. The molecule has 4 rings (SSSR count).